The molecule has 0 saturated heterocycles. The minimum Gasteiger partial charge on any atom is -0.0683 e. The zero-order valence-corrected chi connectivity index (χ0v) is 9.75. The van der Waals surface area contributed by atoms with Crippen molar-refractivity contribution in [2.24, 2.45) is 5.92 Å². The molecule has 0 heteroatoms. The molecule has 0 unspecified atom stereocenters. The van der Waals surface area contributed by atoms with Crippen molar-refractivity contribution in [2.75, 3.05) is 0 Å². The Bertz CT molecular complexity index is 115. The van der Waals surface area contributed by atoms with Crippen LogP contribution in [0.1, 0.15) is 41.0 Å². The summed E-state index contributed by atoms with van der Waals surface area (Å²) in [7, 11) is 0. The van der Waals surface area contributed by atoms with Crippen molar-refractivity contribution in [3.05, 3.63) is 36.4 Å². The van der Waals surface area contributed by atoms with E-state index in [1.807, 2.05) is 50.2 Å². The summed E-state index contributed by atoms with van der Waals surface area (Å²) in [5, 5.41) is 0. The standard InChI is InChI=1S/C6H6.C5H12.C2H6/c1-2-4-6-5-3-1;1-4-5(2)3;1-2/h1-6H;5H,4H2,1-3H3;1-2H3. The molecule has 0 aliphatic rings. The van der Waals surface area contributed by atoms with Crippen molar-refractivity contribution in [1.29, 1.82) is 0 Å². The minimum absolute atomic E-state index is 0.884. The molecule has 1 rings (SSSR count). The Hall–Kier alpha value is -0.780. The van der Waals surface area contributed by atoms with Gasteiger partial charge in [-0.25, -0.2) is 0 Å². The first-order valence-corrected chi connectivity index (χ1v) is 5.27. The Morgan fingerprint density at radius 1 is 0.769 bits per heavy atom. The van der Waals surface area contributed by atoms with Gasteiger partial charge in [0.15, 0.2) is 0 Å². The molecule has 0 atom stereocenters. The number of benzene rings is 1. The molecule has 0 nitrogen and oxygen atoms in total. The van der Waals surface area contributed by atoms with Crippen molar-refractivity contribution < 1.29 is 0 Å². The first kappa shape index (κ1) is 14.7. The van der Waals surface area contributed by atoms with Crippen LogP contribution in [0.4, 0.5) is 0 Å². The maximum atomic E-state index is 2.22. The Morgan fingerprint density at radius 2 is 0.923 bits per heavy atom. The van der Waals surface area contributed by atoms with Crippen LogP contribution in [0.2, 0.25) is 0 Å². The lowest BCUT2D eigenvalue weighted by atomic mass is 10.2. The first-order valence-electron chi connectivity index (χ1n) is 5.27. The van der Waals surface area contributed by atoms with E-state index in [-0.39, 0.29) is 0 Å². The highest BCUT2D eigenvalue weighted by Gasteiger charge is 1.80. The van der Waals surface area contributed by atoms with Gasteiger partial charge >= 0.3 is 0 Å². The van der Waals surface area contributed by atoms with E-state index < -0.39 is 0 Å². The summed E-state index contributed by atoms with van der Waals surface area (Å²) in [4.78, 5) is 0. The van der Waals surface area contributed by atoms with Gasteiger partial charge in [0.05, 0.1) is 0 Å². The second-order valence-electron chi connectivity index (χ2n) is 2.96. The molecule has 0 bridgehead atoms. The lowest BCUT2D eigenvalue weighted by Gasteiger charge is -1.90. The Labute approximate surface area is 84.0 Å². The van der Waals surface area contributed by atoms with Gasteiger partial charge in [-0.2, -0.15) is 0 Å². The van der Waals surface area contributed by atoms with E-state index in [1.165, 1.54) is 6.42 Å². The smallest absolute Gasteiger partial charge is 0.0474 e. The zero-order valence-electron chi connectivity index (χ0n) is 9.75. The predicted molar refractivity (Wildman–Crippen MR) is 62.9 cm³/mol. The topological polar surface area (TPSA) is 0 Å². The Balaban J connectivity index is 0. The van der Waals surface area contributed by atoms with Crippen LogP contribution in [0.5, 0.6) is 0 Å². The number of rotatable bonds is 1. The van der Waals surface area contributed by atoms with Crippen LogP contribution in [0.25, 0.3) is 0 Å². The van der Waals surface area contributed by atoms with E-state index in [0.717, 1.165) is 5.92 Å². The van der Waals surface area contributed by atoms with Crippen LogP contribution in [0, 0.1) is 5.92 Å². The third-order valence-electron chi connectivity index (χ3n) is 1.48. The summed E-state index contributed by atoms with van der Waals surface area (Å²) in [6, 6.07) is 12.0. The molecule has 13 heavy (non-hydrogen) atoms. The highest BCUT2D eigenvalue weighted by molar-refractivity contribution is 4.99. The van der Waals surface area contributed by atoms with E-state index in [4.69, 9.17) is 0 Å². The monoisotopic (exact) mass is 180 g/mol. The fourth-order valence-corrected chi connectivity index (χ4v) is 0.385. The first-order chi connectivity index (χ1) is 6.27. The average Bonchev–Trinajstić information content (AvgIpc) is 2.24. The minimum atomic E-state index is 0.884. The van der Waals surface area contributed by atoms with E-state index in [1.54, 1.807) is 0 Å². The fraction of sp³-hybridized carbons (Fsp3) is 0.538. The van der Waals surface area contributed by atoms with Crippen LogP contribution < -0.4 is 0 Å². The largest absolute Gasteiger partial charge is 0.0683 e. The second-order valence-corrected chi connectivity index (χ2v) is 2.96. The molecule has 0 aliphatic carbocycles. The SMILES string of the molecule is CC.CCC(C)C.c1ccccc1. The summed E-state index contributed by atoms with van der Waals surface area (Å²) in [5.41, 5.74) is 0. The lowest BCUT2D eigenvalue weighted by molar-refractivity contribution is 0.626. The molecule has 0 spiro atoms. The average molecular weight is 180 g/mol. The van der Waals surface area contributed by atoms with Crippen molar-refractivity contribution in [2.45, 2.75) is 41.0 Å². The Morgan fingerprint density at radius 3 is 1.00 bits per heavy atom. The van der Waals surface area contributed by atoms with Gasteiger partial charge in [-0.3, -0.25) is 0 Å². The highest BCUT2D eigenvalue weighted by atomic mass is 13.9. The van der Waals surface area contributed by atoms with Gasteiger partial charge in [0.2, 0.25) is 0 Å². The van der Waals surface area contributed by atoms with Crippen LogP contribution in [0.15, 0.2) is 36.4 Å². The molecule has 0 N–H and O–H groups in total. The molecule has 0 saturated carbocycles. The second kappa shape index (κ2) is 13.8. The van der Waals surface area contributed by atoms with Gasteiger partial charge in [-0.05, 0) is 5.92 Å². The zero-order chi connectivity index (χ0) is 10.5. The Kier molecular flexibility index (Phi) is 15.6. The van der Waals surface area contributed by atoms with Crippen LogP contribution >= 0.6 is 0 Å². The summed E-state index contributed by atoms with van der Waals surface area (Å²) in [6.07, 6.45) is 1.31. The van der Waals surface area contributed by atoms with Crippen molar-refractivity contribution in [3.63, 3.8) is 0 Å². The molecule has 0 heterocycles. The quantitative estimate of drug-likeness (QED) is 0.584. The summed E-state index contributed by atoms with van der Waals surface area (Å²) in [6.45, 7) is 10.6. The van der Waals surface area contributed by atoms with Crippen LogP contribution in [-0.2, 0) is 0 Å². The van der Waals surface area contributed by atoms with Gasteiger partial charge in [0.1, 0.15) is 0 Å². The summed E-state index contributed by atoms with van der Waals surface area (Å²) >= 11 is 0. The third-order valence-corrected chi connectivity index (χ3v) is 1.48. The molecule has 76 valence electrons. The normalized spacial score (nSPS) is 7.85. The highest BCUT2D eigenvalue weighted by Crippen LogP contribution is 1.93. The molecule has 1 aromatic rings. The maximum absolute atomic E-state index is 2.22. The molecule has 0 radical (unpaired) electrons. The molecular formula is C13H24. The summed E-state index contributed by atoms with van der Waals surface area (Å²) in [5.74, 6) is 0.884. The van der Waals surface area contributed by atoms with Crippen molar-refractivity contribution in [3.8, 4) is 0 Å². The molecular weight excluding hydrogens is 156 g/mol. The van der Waals surface area contributed by atoms with E-state index in [9.17, 15) is 0 Å². The van der Waals surface area contributed by atoms with E-state index >= 15 is 0 Å². The third kappa shape index (κ3) is 18.3. The van der Waals surface area contributed by atoms with Crippen molar-refractivity contribution in [1.82, 2.24) is 0 Å². The summed E-state index contributed by atoms with van der Waals surface area (Å²) < 4.78 is 0. The lowest BCUT2D eigenvalue weighted by Crippen LogP contribution is -1.77. The molecule has 0 amide bonds. The molecule has 1 aromatic carbocycles. The van der Waals surface area contributed by atoms with Gasteiger partial charge in [-0.15, -0.1) is 0 Å². The van der Waals surface area contributed by atoms with E-state index in [2.05, 4.69) is 20.8 Å². The molecule has 0 aliphatic heterocycles. The molecule has 0 fully saturated rings. The van der Waals surface area contributed by atoms with Crippen LogP contribution in [0.3, 0.4) is 0 Å². The number of hydrogen-bond donors (Lipinski definition) is 0. The van der Waals surface area contributed by atoms with Gasteiger partial charge in [0, 0.05) is 0 Å². The van der Waals surface area contributed by atoms with Crippen molar-refractivity contribution >= 4 is 0 Å². The number of hydrogen-bond acceptors (Lipinski definition) is 0. The van der Waals surface area contributed by atoms with Gasteiger partial charge in [-0.1, -0.05) is 77.4 Å². The van der Waals surface area contributed by atoms with E-state index in [0.29, 0.717) is 0 Å². The fourth-order valence-electron chi connectivity index (χ4n) is 0.385. The maximum Gasteiger partial charge on any atom is -0.0474 e. The van der Waals surface area contributed by atoms with Gasteiger partial charge in [0.25, 0.3) is 0 Å². The molecule has 0 aromatic heterocycles. The van der Waals surface area contributed by atoms with Gasteiger partial charge < -0.3 is 0 Å². The predicted octanol–water partition coefficient (Wildman–Crippen LogP) is 4.77. The van der Waals surface area contributed by atoms with Crippen LogP contribution in [-0.4, -0.2) is 0 Å².